The second kappa shape index (κ2) is 11.2. The molecule has 3 N–H and O–H groups in total. The van der Waals surface area contributed by atoms with Crippen molar-refractivity contribution >= 4 is 23.6 Å². The van der Waals surface area contributed by atoms with Crippen LogP contribution in [0.25, 0.3) is 0 Å². The first-order valence-electron chi connectivity index (χ1n) is 10.1. The minimum Gasteiger partial charge on any atom is -0.463 e. The standard InChI is InChI=1S/C21H25N5O6/c1-22-17(27)7-8-19(28)31-13-15-11-23-12-18(32-15)26-10-9-16(25-21(26)30)24-20(29)14-5-3-2-4-6-14/h2-6,9-10,15,18,23H,7-8,11-13H2,1H3,(H,22,27)(H,24,25,29,30)/t15-,18+/m0/s1. The van der Waals surface area contributed by atoms with Crippen molar-refractivity contribution in [2.45, 2.75) is 25.2 Å². The van der Waals surface area contributed by atoms with E-state index in [0.29, 0.717) is 18.7 Å². The zero-order valence-electron chi connectivity index (χ0n) is 17.6. The molecule has 11 heteroatoms. The molecule has 0 bridgehead atoms. The summed E-state index contributed by atoms with van der Waals surface area (Å²) >= 11 is 0. The number of hydrogen-bond acceptors (Lipinski definition) is 8. The Bertz CT molecular complexity index is 1010. The maximum absolute atomic E-state index is 12.5. The highest BCUT2D eigenvalue weighted by Crippen LogP contribution is 2.14. The summed E-state index contributed by atoms with van der Waals surface area (Å²) in [6.07, 6.45) is 0.387. The van der Waals surface area contributed by atoms with E-state index in [1.807, 2.05) is 0 Å². The molecule has 32 heavy (non-hydrogen) atoms. The maximum atomic E-state index is 12.5. The van der Waals surface area contributed by atoms with Gasteiger partial charge in [-0.25, -0.2) is 4.79 Å². The molecule has 1 aliphatic rings. The van der Waals surface area contributed by atoms with Gasteiger partial charge < -0.3 is 25.4 Å². The molecule has 0 unspecified atom stereocenters. The number of aromatic nitrogens is 2. The molecule has 11 nitrogen and oxygen atoms in total. The summed E-state index contributed by atoms with van der Waals surface area (Å²) in [5.74, 6) is -0.987. The molecule has 2 aromatic rings. The van der Waals surface area contributed by atoms with E-state index < -0.39 is 24.0 Å². The molecule has 0 radical (unpaired) electrons. The van der Waals surface area contributed by atoms with Gasteiger partial charge in [0.1, 0.15) is 18.5 Å². The number of nitrogens with one attached hydrogen (secondary N) is 3. The van der Waals surface area contributed by atoms with Crippen LogP contribution < -0.4 is 21.6 Å². The molecular formula is C21H25N5O6. The van der Waals surface area contributed by atoms with Crippen molar-refractivity contribution in [1.82, 2.24) is 20.2 Å². The van der Waals surface area contributed by atoms with Crippen molar-refractivity contribution < 1.29 is 23.9 Å². The molecule has 2 atom stereocenters. The van der Waals surface area contributed by atoms with Gasteiger partial charge in [0.2, 0.25) is 5.91 Å². The van der Waals surface area contributed by atoms with Crippen LogP contribution in [0, 0.1) is 0 Å². The quantitative estimate of drug-likeness (QED) is 0.486. The molecule has 1 aromatic carbocycles. The Kier molecular flexibility index (Phi) is 8.06. The van der Waals surface area contributed by atoms with E-state index in [1.165, 1.54) is 23.9 Å². The number of hydrogen-bond donors (Lipinski definition) is 3. The van der Waals surface area contributed by atoms with E-state index in [0.717, 1.165) is 0 Å². The largest absolute Gasteiger partial charge is 0.463 e. The number of nitrogens with zero attached hydrogens (tertiary/aromatic N) is 2. The van der Waals surface area contributed by atoms with E-state index in [-0.39, 0.29) is 37.1 Å². The van der Waals surface area contributed by atoms with Gasteiger partial charge in [0.25, 0.3) is 5.91 Å². The fourth-order valence-corrected chi connectivity index (χ4v) is 3.03. The second-order valence-electron chi connectivity index (χ2n) is 7.05. The molecular weight excluding hydrogens is 418 g/mol. The summed E-state index contributed by atoms with van der Waals surface area (Å²) in [7, 11) is 1.50. The highest BCUT2D eigenvalue weighted by atomic mass is 16.6. The Balaban J connectivity index is 1.54. The Morgan fingerprint density at radius 2 is 1.97 bits per heavy atom. The van der Waals surface area contributed by atoms with Crippen molar-refractivity contribution in [3.63, 3.8) is 0 Å². The van der Waals surface area contributed by atoms with Crippen LogP contribution in [0.15, 0.2) is 47.4 Å². The number of carbonyl (C=O) groups is 3. The molecule has 1 fully saturated rings. The van der Waals surface area contributed by atoms with E-state index in [2.05, 4.69) is 20.9 Å². The van der Waals surface area contributed by atoms with Crippen LogP contribution in [-0.2, 0) is 19.1 Å². The normalized spacial score (nSPS) is 17.9. The SMILES string of the molecule is CNC(=O)CCC(=O)OC[C@@H]1CNC[C@H](n2ccc(NC(=O)c3ccccc3)nc2=O)O1. The second-order valence-corrected chi connectivity index (χ2v) is 7.05. The third-order valence-corrected chi connectivity index (χ3v) is 4.72. The first-order chi connectivity index (χ1) is 15.5. The Morgan fingerprint density at radius 1 is 1.19 bits per heavy atom. The number of benzene rings is 1. The predicted molar refractivity (Wildman–Crippen MR) is 114 cm³/mol. The fourth-order valence-electron chi connectivity index (χ4n) is 3.03. The summed E-state index contributed by atoms with van der Waals surface area (Å²) in [6.45, 7) is 0.786. The number of rotatable bonds is 8. The van der Waals surface area contributed by atoms with Crippen molar-refractivity contribution in [2.75, 3.05) is 32.1 Å². The smallest absolute Gasteiger partial charge is 0.351 e. The van der Waals surface area contributed by atoms with Crippen LogP contribution in [0.1, 0.15) is 29.4 Å². The molecule has 0 spiro atoms. The summed E-state index contributed by atoms with van der Waals surface area (Å²) in [6, 6.07) is 10.1. The number of esters is 1. The molecule has 170 valence electrons. The van der Waals surface area contributed by atoms with Gasteiger partial charge in [-0.1, -0.05) is 18.2 Å². The van der Waals surface area contributed by atoms with Crippen LogP contribution in [-0.4, -0.2) is 60.2 Å². The summed E-state index contributed by atoms with van der Waals surface area (Å²) in [4.78, 5) is 51.6. The maximum Gasteiger partial charge on any atom is 0.351 e. The summed E-state index contributed by atoms with van der Waals surface area (Å²) in [5.41, 5.74) is -0.142. The van der Waals surface area contributed by atoms with E-state index in [4.69, 9.17) is 9.47 Å². The molecule has 1 saturated heterocycles. The van der Waals surface area contributed by atoms with E-state index >= 15 is 0 Å². The monoisotopic (exact) mass is 443 g/mol. The van der Waals surface area contributed by atoms with Crippen LogP contribution in [0.2, 0.25) is 0 Å². The first kappa shape index (κ1) is 23.1. The lowest BCUT2D eigenvalue weighted by Crippen LogP contribution is -2.47. The van der Waals surface area contributed by atoms with E-state index in [1.54, 1.807) is 30.3 Å². The Labute approximate surface area is 184 Å². The van der Waals surface area contributed by atoms with Gasteiger partial charge in [-0.2, -0.15) is 4.98 Å². The van der Waals surface area contributed by atoms with Crippen LogP contribution in [0.4, 0.5) is 5.82 Å². The average Bonchev–Trinajstić information content (AvgIpc) is 2.82. The van der Waals surface area contributed by atoms with Gasteiger partial charge in [-0.15, -0.1) is 0 Å². The number of morpholine rings is 1. The van der Waals surface area contributed by atoms with Gasteiger partial charge in [0.05, 0.1) is 6.42 Å². The highest BCUT2D eigenvalue weighted by molar-refractivity contribution is 6.03. The molecule has 1 aromatic heterocycles. The van der Waals surface area contributed by atoms with Crippen LogP contribution in [0.3, 0.4) is 0 Å². The highest BCUT2D eigenvalue weighted by Gasteiger charge is 2.25. The minimum absolute atomic E-state index is 0.0104. The van der Waals surface area contributed by atoms with Gasteiger partial charge in [-0.3, -0.25) is 19.0 Å². The molecule has 1 aliphatic heterocycles. The zero-order valence-corrected chi connectivity index (χ0v) is 17.6. The third kappa shape index (κ3) is 6.46. The van der Waals surface area contributed by atoms with Crippen molar-refractivity contribution in [1.29, 1.82) is 0 Å². The molecule has 3 rings (SSSR count). The summed E-state index contributed by atoms with van der Waals surface area (Å²) < 4.78 is 12.3. The first-order valence-corrected chi connectivity index (χ1v) is 10.1. The van der Waals surface area contributed by atoms with Gasteiger partial charge in [0, 0.05) is 38.3 Å². The molecule has 0 saturated carbocycles. The van der Waals surface area contributed by atoms with Crippen LogP contribution >= 0.6 is 0 Å². The third-order valence-electron chi connectivity index (χ3n) is 4.72. The Morgan fingerprint density at radius 3 is 2.69 bits per heavy atom. The van der Waals surface area contributed by atoms with Gasteiger partial charge in [0.15, 0.2) is 6.23 Å². The number of anilines is 1. The molecule has 0 aliphatic carbocycles. The van der Waals surface area contributed by atoms with Crippen molar-refractivity contribution in [2.24, 2.45) is 0 Å². The average molecular weight is 443 g/mol. The number of amides is 2. The lowest BCUT2D eigenvalue weighted by atomic mass is 10.2. The van der Waals surface area contributed by atoms with Crippen molar-refractivity contribution in [3.05, 3.63) is 58.6 Å². The molecule has 2 amide bonds. The number of ether oxygens (including phenoxy) is 2. The van der Waals surface area contributed by atoms with E-state index in [9.17, 15) is 19.2 Å². The van der Waals surface area contributed by atoms with Crippen molar-refractivity contribution in [3.8, 4) is 0 Å². The fraction of sp³-hybridized carbons (Fsp3) is 0.381. The number of carbonyl (C=O) groups excluding carboxylic acids is 3. The predicted octanol–water partition coefficient (Wildman–Crippen LogP) is 0.0520. The zero-order chi connectivity index (χ0) is 22.9. The lowest BCUT2D eigenvalue weighted by Gasteiger charge is -2.31. The minimum atomic E-state index is -0.655. The van der Waals surface area contributed by atoms with Gasteiger partial charge >= 0.3 is 11.7 Å². The van der Waals surface area contributed by atoms with Gasteiger partial charge in [-0.05, 0) is 18.2 Å². The van der Waals surface area contributed by atoms with Crippen LogP contribution in [0.5, 0.6) is 0 Å². The topological polar surface area (TPSA) is 141 Å². The molecule has 2 heterocycles. The lowest BCUT2D eigenvalue weighted by molar-refractivity contribution is -0.155. The summed E-state index contributed by atoms with van der Waals surface area (Å²) in [5, 5.41) is 8.15. The Hall–Kier alpha value is -3.57.